The first-order valence-electron chi connectivity index (χ1n) is 6.31. The molecule has 0 aromatic rings. The molecular weight excluding hydrogens is 204 g/mol. The van der Waals surface area contributed by atoms with Crippen molar-refractivity contribution in [3.05, 3.63) is 0 Å². The Bertz CT molecular complexity index is 213. The smallest absolute Gasteiger partial charge is 0.320 e. The molecule has 1 aliphatic heterocycles. The van der Waals surface area contributed by atoms with E-state index in [1.165, 1.54) is 6.42 Å². The van der Waals surface area contributed by atoms with Crippen molar-refractivity contribution in [3.8, 4) is 0 Å². The zero-order chi connectivity index (χ0) is 12.0. The molecule has 0 aromatic heterocycles. The van der Waals surface area contributed by atoms with Gasteiger partial charge in [-0.2, -0.15) is 0 Å². The van der Waals surface area contributed by atoms with Crippen molar-refractivity contribution >= 4 is 5.97 Å². The molecular formula is C12H24N2O2. The fourth-order valence-electron chi connectivity index (χ4n) is 2.20. The van der Waals surface area contributed by atoms with Crippen molar-refractivity contribution in [2.75, 3.05) is 19.6 Å². The van der Waals surface area contributed by atoms with Crippen LogP contribution in [0.4, 0.5) is 0 Å². The third kappa shape index (κ3) is 4.49. The van der Waals surface area contributed by atoms with Crippen molar-refractivity contribution < 1.29 is 9.90 Å². The highest BCUT2D eigenvalue weighted by Crippen LogP contribution is 2.14. The highest BCUT2D eigenvalue weighted by atomic mass is 16.4. The topological polar surface area (TPSA) is 52.6 Å². The second-order valence-electron chi connectivity index (χ2n) is 4.85. The van der Waals surface area contributed by atoms with E-state index in [4.69, 9.17) is 0 Å². The van der Waals surface area contributed by atoms with Crippen LogP contribution in [-0.2, 0) is 4.79 Å². The van der Waals surface area contributed by atoms with Crippen LogP contribution in [0.5, 0.6) is 0 Å². The fourth-order valence-corrected chi connectivity index (χ4v) is 2.20. The summed E-state index contributed by atoms with van der Waals surface area (Å²) in [7, 11) is 0. The summed E-state index contributed by atoms with van der Waals surface area (Å²) in [6, 6.07) is 0.127. The lowest BCUT2D eigenvalue weighted by atomic mass is 10.1. The molecule has 1 aliphatic rings. The summed E-state index contributed by atoms with van der Waals surface area (Å²) in [5.41, 5.74) is 0. The van der Waals surface area contributed by atoms with Crippen LogP contribution in [-0.4, -0.2) is 47.7 Å². The lowest BCUT2D eigenvalue weighted by molar-refractivity contribution is -0.144. The Morgan fingerprint density at radius 1 is 1.31 bits per heavy atom. The van der Waals surface area contributed by atoms with E-state index in [2.05, 4.69) is 24.1 Å². The number of piperidine rings is 1. The van der Waals surface area contributed by atoms with Crippen molar-refractivity contribution in [1.82, 2.24) is 10.2 Å². The van der Waals surface area contributed by atoms with E-state index in [-0.39, 0.29) is 6.04 Å². The maximum Gasteiger partial charge on any atom is 0.320 e. The fraction of sp³-hybridized carbons (Fsp3) is 0.917. The molecule has 1 heterocycles. The first-order chi connectivity index (χ1) is 7.61. The minimum Gasteiger partial charge on any atom is -0.480 e. The summed E-state index contributed by atoms with van der Waals surface area (Å²) in [6.45, 7) is 6.83. The predicted octanol–water partition coefficient (Wildman–Crippen LogP) is 1.31. The minimum absolute atomic E-state index is 0.299. The van der Waals surface area contributed by atoms with Gasteiger partial charge in [0, 0.05) is 6.04 Å². The number of rotatable bonds is 6. The van der Waals surface area contributed by atoms with Gasteiger partial charge in [-0.25, -0.2) is 0 Å². The number of carboxylic acids is 1. The summed E-state index contributed by atoms with van der Waals surface area (Å²) >= 11 is 0. The Labute approximate surface area is 98.0 Å². The molecule has 0 bridgehead atoms. The predicted molar refractivity (Wildman–Crippen MR) is 64.6 cm³/mol. The minimum atomic E-state index is -0.674. The molecule has 0 aliphatic carbocycles. The average molecular weight is 228 g/mol. The molecule has 1 unspecified atom stereocenters. The number of hydrogen-bond donors (Lipinski definition) is 2. The van der Waals surface area contributed by atoms with Crippen LogP contribution in [0.3, 0.4) is 0 Å². The van der Waals surface area contributed by atoms with Gasteiger partial charge >= 0.3 is 5.97 Å². The molecule has 4 heteroatoms. The lowest BCUT2D eigenvalue weighted by Gasteiger charge is -2.32. The lowest BCUT2D eigenvalue weighted by Crippen LogP contribution is -2.45. The Balaban J connectivity index is 2.37. The quantitative estimate of drug-likeness (QED) is 0.720. The number of carbonyl (C=O) groups is 1. The number of likely N-dealkylation sites (tertiary alicyclic amines) is 1. The SMILES string of the molecule is CC(C)NCCC(C(=O)O)N1CCCCC1. The standard InChI is InChI=1S/C12H24N2O2/c1-10(2)13-7-6-11(12(15)16)14-8-4-3-5-9-14/h10-11,13H,3-9H2,1-2H3,(H,15,16). The molecule has 1 saturated heterocycles. The van der Waals surface area contributed by atoms with E-state index in [9.17, 15) is 9.90 Å². The second kappa shape index (κ2) is 6.86. The summed E-state index contributed by atoms with van der Waals surface area (Å²) < 4.78 is 0. The molecule has 94 valence electrons. The second-order valence-corrected chi connectivity index (χ2v) is 4.85. The first-order valence-corrected chi connectivity index (χ1v) is 6.31. The monoisotopic (exact) mass is 228 g/mol. The summed E-state index contributed by atoms with van der Waals surface area (Å²) in [5.74, 6) is -0.674. The Kier molecular flexibility index (Phi) is 5.77. The Morgan fingerprint density at radius 2 is 1.94 bits per heavy atom. The highest BCUT2D eigenvalue weighted by Gasteiger charge is 2.26. The summed E-state index contributed by atoms with van der Waals surface area (Å²) in [6.07, 6.45) is 4.23. The van der Waals surface area contributed by atoms with Crippen LogP contribution >= 0.6 is 0 Å². The van der Waals surface area contributed by atoms with Crippen LogP contribution in [0.15, 0.2) is 0 Å². The molecule has 0 spiro atoms. The maximum absolute atomic E-state index is 11.2. The van der Waals surface area contributed by atoms with Crippen molar-refractivity contribution in [3.63, 3.8) is 0 Å². The number of nitrogens with zero attached hydrogens (tertiary/aromatic N) is 1. The molecule has 1 atom stereocenters. The zero-order valence-corrected chi connectivity index (χ0v) is 10.4. The molecule has 16 heavy (non-hydrogen) atoms. The van der Waals surface area contributed by atoms with Crippen molar-refractivity contribution in [1.29, 1.82) is 0 Å². The normalized spacial score (nSPS) is 19.9. The van der Waals surface area contributed by atoms with Gasteiger partial charge in [-0.15, -0.1) is 0 Å². The summed E-state index contributed by atoms with van der Waals surface area (Å²) in [4.78, 5) is 13.3. The molecule has 2 N–H and O–H groups in total. The van der Waals surface area contributed by atoms with Gasteiger partial charge in [-0.3, -0.25) is 9.69 Å². The van der Waals surface area contributed by atoms with Gasteiger partial charge in [-0.1, -0.05) is 20.3 Å². The first kappa shape index (κ1) is 13.5. The molecule has 1 rings (SSSR count). The van der Waals surface area contributed by atoms with Crippen LogP contribution < -0.4 is 5.32 Å². The van der Waals surface area contributed by atoms with Gasteiger partial charge in [0.2, 0.25) is 0 Å². The van der Waals surface area contributed by atoms with Gasteiger partial charge in [0.25, 0.3) is 0 Å². The van der Waals surface area contributed by atoms with Crippen LogP contribution in [0.25, 0.3) is 0 Å². The van der Waals surface area contributed by atoms with E-state index in [0.29, 0.717) is 12.5 Å². The van der Waals surface area contributed by atoms with Crippen LogP contribution in [0.1, 0.15) is 39.5 Å². The Hall–Kier alpha value is -0.610. The van der Waals surface area contributed by atoms with E-state index in [0.717, 1.165) is 32.5 Å². The van der Waals surface area contributed by atoms with Gasteiger partial charge < -0.3 is 10.4 Å². The van der Waals surface area contributed by atoms with E-state index >= 15 is 0 Å². The van der Waals surface area contributed by atoms with Crippen molar-refractivity contribution in [2.24, 2.45) is 0 Å². The van der Waals surface area contributed by atoms with Gasteiger partial charge in [0.15, 0.2) is 0 Å². The van der Waals surface area contributed by atoms with Gasteiger partial charge in [0.1, 0.15) is 6.04 Å². The molecule has 0 amide bonds. The number of carboxylic acid groups (broad SMARTS) is 1. The van der Waals surface area contributed by atoms with E-state index < -0.39 is 5.97 Å². The van der Waals surface area contributed by atoms with Crippen LogP contribution in [0.2, 0.25) is 0 Å². The molecule has 4 nitrogen and oxygen atoms in total. The Morgan fingerprint density at radius 3 is 2.44 bits per heavy atom. The van der Waals surface area contributed by atoms with Crippen molar-refractivity contribution in [2.45, 2.75) is 51.6 Å². The van der Waals surface area contributed by atoms with Crippen LogP contribution in [0, 0.1) is 0 Å². The molecule has 0 aromatic carbocycles. The maximum atomic E-state index is 11.2. The average Bonchev–Trinajstić information content (AvgIpc) is 2.25. The van der Waals surface area contributed by atoms with Gasteiger partial charge in [-0.05, 0) is 38.9 Å². The number of aliphatic carboxylic acids is 1. The van der Waals surface area contributed by atoms with E-state index in [1.807, 2.05) is 0 Å². The molecule has 0 radical (unpaired) electrons. The molecule has 1 fully saturated rings. The van der Waals surface area contributed by atoms with Gasteiger partial charge in [0.05, 0.1) is 0 Å². The third-order valence-corrected chi connectivity index (χ3v) is 3.09. The number of nitrogens with one attached hydrogen (secondary N) is 1. The van der Waals surface area contributed by atoms with E-state index in [1.54, 1.807) is 0 Å². The largest absolute Gasteiger partial charge is 0.480 e. The number of hydrogen-bond acceptors (Lipinski definition) is 3. The summed E-state index contributed by atoms with van der Waals surface area (Å²) in [5, 5.41) is 12.5. The third-order valence-electron chi connectivity index (χ3n) is 3.09. The molecule has 0 saturated carbocycles. The zero-order valence-electron chi connectivity index (χ0n) is 10.4. The highest BCUT2D eigenvalue weighted by molar-refractivity contribution is 5.73.